The summed E-state index contributed by atoms with van der Waals surface area (Å²) in [6.45, 7) is 0. The van der Waals surface area contributed by atoms with Gasteiger partial charge in [0.2, 0.25) is 5.96 Å². The van der Waals surface area contributed by atoms with Crippen LogP contribution in [0.25, 0.3) is 0 Å². The number of anilines is 1. The van der Waals surface area contributed by atoms with Crippen LogP contribution in [0.1, 0.15) is 5.56 Å². The van der Waals surface area contributed by atoms with Crippen molar-refractivity contribution in [3.63, 3.8) is 0 Å². The molecule has 0 saturated carbocycles. The molecular formula is C14H14N4. The first kappa shape index (κ1) is 11.9. The largest absolute Gasteiger partial charge is 0.367 e. The van der Waals surface area contributed by atoms with Crippen molar-refractivity contribution in [2.45, 2.75) is 0 Å². The average molecular weight is 238 g/mol. The lowest BCUT2D eigenvalue weighted by Gasteiger charge is -1.99. The van der Waals surface area contributed by atoms with Crippen molar-refractivity contribution >= 4 is 17.9 Å². The molecule has 0 heterocycles. The van der Waals surface area contributed by atoms with Gasteiger partial charge in [0.25, 0.3) is 0 Å². The highest BCUT2D eigenvalue weighted by Crippen LogP contribution is 2.04. The Balaban J connectivity index is 1.96. The minimum absolute atomic E-state index is 0.183. The van der Waals surface area contributed by atoms with E-state index in [0.29, 0.717) is 0 Å². The third kappa shape index (κ3) is 3.75. The second-order valence-corrected chi connectivity index (χ2v) is 3.62. The average Bonchev–Trinajstić information content (AvgIpc) is 2.45. The Bertz CT molecular complexity index is 532. The van der Waals surface area contributed by atoms with Gasteiger partial charge in [0.1, 0.15) is 0 Å². The Morgan fingerprint density at radius 1 is 0.944 bits per heavy atom. The monoisotopic (exact) mass is 238 g/mol. The molecule has 0 aliphatic heterocycles. The zero-order valence-electron chi connectivity index (χ0n) is 9.82. The zero-order valence-corrected chi connectivity index (χ0v) is 9.82. The van der Waals surface area contributed by atoms with Crippen LogP contribution in [0.4, 0.5) is 5.69 Å². The molecule has 0 spiro atoms. The quantitative estimate of drug-likeness (QED) is 0.490. The van der Waals surface area contributed by atoms with Crippen LogP contribution in [0.5, 0.6) is 0 Å². The van der Waals surface area contributed by atoms with E-state index < -0.39 is 0 Å². The summed E-state index contributed by atoms with van der Waals surface area (Å²) in [4.78, 5) is 4.05. The predicted octanol–water partition coefficient (Wildman–Crippen LogP) is 2.45. The summed E-state index contributed by atoms with van der Waals surface area (Å²) in [5, 5.41) is 3.96. The Labute approximate surface area is 106 Å². The minimum Gasteiger partial charge on any atom is -0.367 e. The second-order valence-electron chi connectivity index (χ2n) is 3.62. The molecule has 0 saturated heterocycles. The number of para-hydroxylation sites is 1. The predicted molar refractivity (Wildman–Crippen MR) is 75.7 cm³/mol. The lowest BCUT2D eigenvalue weighted by molar-refractivity contribution is 1.29. The number of guanidine groups is 1. The molecule has 0 aliphatic carbocycles. The third-order valence-electron chi connectivity index (χ3n) is 2.22. The van der Waals surface area contributed by atoms with Gasteiger partial charge in [-0.15, -0.1) is 5.10 Å². The number of nitrogens with zero attached hydrogens (tertiary/aromatic N) is 2. The molecule has 0 aromatic heterocycles. The molecule has 90 valence electrons. The fraction of sp³-hybridized carbons (Fsp3) is 0. The second kappa shape index (κ2) is 6.20. The molecule has 2 aromatic rings. The van der Waals surface area contributed by atoms with E-state index in [2.05, 4.69) is 15.5 Å². The normalized spacial score (nSPS) is 11.7. The summed E-state index contributed by atoms with van der Waals surface area (Å²) in [7, 11) is 0. The number of hydrogen-bond donors (Lipinski definition) is 2. The molecule has 4 nitrogen and oxygen atoms in total. The van der Waals surface area contributed by atoms with Crippen LogP contribution in [0, 0.1) is 0 Å². The van der Waals surface area contributed by atoms with E-state index in [1.165, 1.54) is 0 Å². The molecule has 4 heteroatoms. The summed E-state index contributed by atoms with van der Waals surface area (Å²) in [5.41, 5.74) is 10.3. The maximum Gasteiger partial charge on any atom is 0.237 e. The van der Waals surface area contributed by atoms with E-state index in [1.807, 2.05) is 60.7 Å². The Hall–Kier alpha value is -2.62. The van der Waals surface area contributed by atoms with Crippen LogP contribution >= 0.6 is 0 Å². The number of nitrogens with two attached hydrogens (primary N) is 1. The van der Waals surface area contributed by atoms with Gasteiger partial charge < -0.3 is 5.73 Å². The van der Waals surface area contributed by atoms with Gasteiger partial charge in [0, 0.05) is 6.21 Å². The smallest absolute Gasteiger partial charge is 0.237 e. The van der Waals surface area contributed by atoms with Crippen molar-refractivity contribution in [1.82, 2.24) is 0 Å². The number of hydrogen-bond acceptors (Lipinski definition) is 2. The number of aliphatic imine (C=N–C) groups is 1. The maximum absolute atomic E-state index is 5.66. The molecule has 0 radical (unpaired) electrons. The van der Waals surface area contributed by atoms with Crippen LogP contribution in [-0.4, -0.2) is 12.2 Å². The molecule has 0 aliphatic rings. The lowest BCUT2D eigenvalue weighted by Crippen LogP contribution is -2.11. The van der Waals surface area contributed by atoms with E-state index in [4.69, 9.17) is 5.73 Å². The Morgan fingerprint density at radius 2 is 1.56 bits per heavy atom. The first-order valence-corrected chi connectivity index (χ1v) is 5.58. The fourth-order valence-electron chi connectivity index (χ4n) is 1.34. The summed E-state index contributed by atoms with van der Waals surface area (Å²) >= 11 is 0. The van der Waals surface area contributed by atoms with Crippen LogP contribution in [0.15, 0.2) is 70.8 Å². The van der Waals surface area contributed by atoms with E-state index in [0.717, 1.165) is 11.3 Å². The van der Waals surface area contributed by atoms with Gasteiger partial charge in [-0.2, -0.15) is 0 Å². The number of nitrogens with one attached hydrogen (secondary N) is 1. The zero-order chi connectivity index (χ0) is 12.6. The highest BCUT2D eigenvalue weighted by Gasteiger charge is 1.89. The molecule has 18 heavy (non-hydrogen) atoms. The minimum atomic E-state index is 0.183. The number of rotatable bonds is 3. The Kier molecular flexibility index (Phi) is 4.08. The van der Waals surface area contributed by atoms with Gasteiger partial charge in [0.05, 0.1) is 5.69 Å². The number of benzene rings is 2. The summed E-state index contributed by atoms with van der Waals surface area (Å²) in [6, 6.07) is 19.3. The molecule has 2 aromatic carbocycles. The van der Waals surface area contributed by atoms with Crippen molar-refractivity contribution in [3.8, 4) is 0 Å². The Morgan fingerprint density at radius 3 is 2.22 bits per heavy atom. The molecule has 0 amide bonds. The molecular weight excluding hydrogens is 224 g/mol. The van der Waals surface area contributed by atoms with E-state index in [-0.39, 0.29) is 5.96 Å². The SMILES string of the molecule is NC(/N=C/c1ccccc1)=N\Nc1ccccc1. The van der Waals surface area contributed by atoms with Gasteiger partial charge in [0.15, 0.2) is 0 Å². The fourth-order valence-corrected chi connectivity index (χ4v) is 1.34. The molecule has 3 N–H and O–H groups in total. The topological polar surface area (TPSA) is 62.8 Å². The molecule has 0 bridgehead atoms. The van der Waals surface area contributed by atoms with Crippen molar-refractivity contribution in [3.05, 3.63) is 66.2 Å². The first-order valence-electron chi connectivity index (χ1n) is 5.58. The molecule has 0 atom stereocenters. The molecule has 0 unspecified atom stereocenters. The van der Waals surface area contributed by atoms with Gasteiger partial charge in [-0.05, 0) is 17.7 Å². The van der Waals surface area contributed by atoms with Gasteiger partial charge in [-0.25, -0.2) is 4.99 Å². The van der Waals surface area contributed by atoms with Gasteiger partial charge >= 0.3 is 0 Å². The summed E-state index contributed by atoms with van der Waals surface area (Å²) in [6.07, 6.45) is 1.67. The lowest BCUT2D eigenvalue weighted by atomic mass is 10.2. The van der Waals surface area contributed by atoms with Crippen LogP contribution in [0.2, 0.25) is 0 Å². The van der Waals surface area contributed by atoms with Crippen LogP contribution < -0.4 is 11.2 Å². The maximum atomic E-state index is 5.66. The van der Waals surface area contributed by atoms with Crippen LogP contribution in [-0.2, 0) is 0 Å². The molecule has 0 fully saturated rings. The van der Waals surface area contributed by atoms with Crippen molar-refractivity contribution in [2.75, 3.05) is 5.43 Å². The number of hydrazone groups is 1. The van der Waals surface area contributed by atoms with E-state index in [9.17, 15) is 0 Å². The van der Waals surface area contributed by atoms with E-state index >= 15 is 0 Å². The summed E-state index contributed by atoms with van der Waals surface area (Å²) < 4.78 is 0. The van der Waals surface area contributed by atoms with Gasteiger partial charge in [-0.1, -0.05) is 48.5 Å². The van der Waals surface area contributed by atoms with Gasteiger partial charge in [-0.3, -0.25) is 5.43 Å². The van der Waals surface area contributed by atoms with E-state index in [1.54, 1.807) is 6.21 Å². The third-order valence-corrected chi connectivity index (χ3v) is 2.22. The van der Waals surface area contributed by atoms with Crippen molar-refractivity contribution < 1.29 is 0 Å². The van der Waals surface area contributed by atoms with Crippen molar-refractivity contribution in [2.24, 2.45) is 15.8 Å². The van der Waals surface area contributed by atoms with Crippen molar-refractivity contribution in [1.29, 1.82) is 0 Å². The standard InChI is InChI=1S/C14H14N4/c15-14(16-11-12-7-3-1-4-8-12)18-17-13-9-5-2-6-10-13/h1-11,17H,(H2,15,18)/b16-11+. The van der Waals surface area contributed by atoms with Crippen LogP contribution in [0.3, 0.4) is 0 Å². The highest BCUT2D eigenvalue weighted by atomic mass is 15.3. The first-order chi connectivity index (χ1) is 8.84. The highest BCUT2D eigenvalue weighted by molar-refractivity contribution is 5.92. The molecule has 2 rings (SSSR count). The summed E-state index contributed by atoms with van der Waals surface area (Å²) in [5.74, 6) is 0.183.